The fraction of sp³-hybridized carbons (Fsp3) is 0. The van der Waals surface area contributed by atoms with Crippen LogP contribution in [-0.4, -0.2) is 0 Å². The molecule has 0 aliphatic heterocycles. The second kappa shape index (κ2) is 17.1. The maximum Gasteiger partial charge on any atom is 0.0482 e. The van der Waals surface area contributed by atoms with Crippen molar-refractivity contribution in [2.75, 3.05) is 9.80 Å². The SMILES string of the molecule is c1ccc(-c2ccccc2-c2ccc(N(c3ccccc3)c3cccc(N(c4ccccc4)c4ccc(-c5cc(-c6cccc7ccccc67)cc6ccccc56)cc4)c3)cc2)cc1. The molecule has 0 aliphatic rings. The van der Waals surface area contributed by atoms with Crippen LogP contribution in [-0.2, 0) is 0 Å². The van der Waals surface area contributed by atoms with Gasteiger partial charge in [-0.3, -0.25) is 0 Å². The standard InChI is InChI=1S/C62H44N2/c1-4-18-45(19-5-1)57-30-14-15-31-59(57)47-34-38-53(39-35-47)63(51-23-6-2-7-24-51)55-27-17-28-56(44-55)64(52-25-8-3-9-26-52)54-40-36-48(37-41-54)62-43-50(42-49-21-11-13-32-60(49)62)61-33-16-22-46-20-10-12-29-58(46)61/h1-44H. The molecule has 2 nitrogen and oxygen atoms in total. The lowest BCUT2D eigenvalue weighted by Gasteiger charge is -2.29. The Morgan fingerprint density at radius 2 is 0.562 bits per heavy atom. The average Bonchev–Trinajstić information content (AvgIpc) is 3.37. The molecule has 0 radical (unpaired) electrons. The number of para-hydroxylation sites is 2. The molecule has 0 saturated heterocycles. The largest absolute Gasteiger partial charge is 0.310 e. The quantitative estimate of drug-likeness (QED) is 0.136. The van der Waals surface area contributed by atoms with Gasteiger partial charge in [-0.15, -0.1) is 0 Å². The zero-order chi connectivity index (χ0) is 42.7. The number of rotatable bonds is 10. The molecule has 0 aliphatic carbocycles. The second-order valence-corrected chi connectivity index (χ2v) is 16.1. The van der Waals surface area contributed by atoms with Crippen LogP contribution in [0.3, 0.4) is 0 Å². The first-order chi connectivity index (χ1) is 31.7. The highest BCUT2D eigenvalue weighted by atomic mass is 15.2. The molecule has 0 bridgehead atoms. The average molecular weight is 817 g/mol. The predicted molar refractivity (Wildman–Crippen MR) is 273 cm³/mol. The highest BCUT2D eigenvalue weighted by Gasteiger charge is 2.19. The van der Waals surface area contributed by atoms with E-state index < -0.39 is 0 Å². The van der Waals surface area contributed by atoms with E-state index in [0.29, 0.717) is 0 Å². The van der Waals surface area contributed by atoms with Crippen molar-refractivity contribution in [3.8, 4) is 44.5 Å². The molecule has 0 heterocycles. The maximum atomic E-state index is 2.37. The van der Waals surface area contributed by atoms with Crippen LogP contribution in [0.25, 0.3) is 66.1 Å². The molecule has 11 rings (SSSR count). The van der Waals surface area contributed by atoms with Crippen molar-refractivity contribution in [2.24, 2.45) is 0 Å². The Labute approximate surface area is 375 Å². The summed E-state index contributed by atoms with van der Waals surface area (Å²) < 4.78 is 0. The van der Waals surface area contributed by atoms with E-state index in [9.17, 15) is 0 Å². The summed E-state index contributed by atoms with van der Waals surface area (Å²) in [7, 11) is 0. The lowest BCUT2D eigenvalue weighted by Crippen LogP contribution is -2.13. The summed E-state index contributed by atoms with van der Waals surface area (Å²) in [5.74, 6) is 0. The Hall–Kier alpha value is -8.46. The van der Waals surface area contributed by atoms with Gasteiger partial charge in [-0.1, -0.05) is 188 Å². The minimum Gasteiger partial charge on any atom is -0.310 e. The van der Waals surface area contributed by atoms with Crippen LogP contribution in [0.5, 0.6) is 0 Å². The fourth-order valence-corrected chi connectivity index (χ4v) is 9.19. The van der Waals surface area contributed by atoms with E-state index in [1.807, 2.05) is 0 Å². The Morgan fingerprint density at radius 3 is 1.14 bits per heavy atom. The van der Waals surface area contributed by atoms with E-state index in [4.69, 9.17) is 0 Å². The topological polar surface area (TPSA) is 6.48 Å². The van der Waals surface area contributed by atoms with E-state index >= 15 is 0 Å². The summed E-state index contributed by atoms with van der Waals surface area (Å²) in [5.41, 5.74) is 16.1. The summed E-state index contributed by atoms with van der Waals surface area (Å²) in [4.78, 5) is 4.70. The number of hydrogen-bond acceptors (Lipinski definition) is 2. The first kappa shape index (κ1) is 38.5. The van der Waals surface area contributed by atoms with Gasteiger partial charge in [0.05, 0.1) is 0 Å². The van der Waals surface area contributed by atoms with E-state index in [1.165, 1.54) is 66.1 Å². The second-order valence-electron chi connectivity index (χ2n) is 16.1. The lowest BCUT2D eigenvalue weighted by atomic mass is 9.91. The van der Waals surface area contributed by atoms with Gasteiger partial charge >= 0.3 is 0 Å². The molecule has 0 spiro atoms. The van der Waals surface area contributed by atoms with Gasteiger partial charge in [0.1, 0.15) is 0 Å². The predicted octanol–water partition coefficient (Wildman–Crippen LogP) is 17.6. The van der Waals surface area contributed by atoms with E-state index in [1.54, 1.807) is 0 Å². The van der Waals surface area contributed by atoms with Crippen molar-refractivity contribution >= 4 is 55.7 Å². The van der Waals surface area contributed by atoms with Gasteiger partial charge in [0, 0.05) is 34.1 Å². The molecular formula is C62H44N2. The third-order valence-corrected chi connectivity index (χ3v) is 12.2. The molecule has 0 amide bonds. The van der Waals surface area contributed by atoms with Crippen LogP contribution in [0, 0.1) is 0 Å². The first-order valence-corrected chi connectivity index (χ1v) is 21.9. The third-order valence-electron chi connectivity index (χ3n) is 12.2. The summed E-state index contributed by atoms with van der Waals surface area (Å²) in [6, 6.07) is 96.2. The molecule has 302 valence electrons. The van der Waals surface area contributed by atoms with E-state index in [2.05, 4.69) is 277 Å². The van der Waals surface area contributed by atoms with Gasteiger partial charge in [0.15, 0.2) is 0 Å². The van der Waals surface area contributed by atoms with Crippen LogP contribution >= 0.6 is 0 Å². The smallest absolute Gasteiger partial charge is 0.0482 e. The summed E-state index contributed by atoms with van der Waals surface area (Å²) in [6.07, 6.45) is 0. The van der Waals surface area contributed by atoms with Gasteiger partial charge in [-0.25, -0.2) is 0 Å². The van der Waals surface area contributed by atoms with Gasteiger partial charge in [0.25, 0.3) is 0 Å². The molecule has 11 aromatic carbocycles. The minimum atomic E-state index is 1.06. The van der Waals surface area contributed by atoms with Crippen molar-refractivity contribution < 1.29 is 0 Å². The normalized spacial score (nSPS) is 11.1. The molecule has 2 heteroatoms. The van der Waals surface area contributed by atoms with E-state index in [-0.39, 0.29) is 0 Å². The van der Waals surface area contributed by atoms with Crippen molar-refractivity contribution in [3.05, 3.63) is 267 Å². The monoisotopic (exact) mass is 816 g/mol. The van der Waals surface area contributed by atoms with Crippen LogP contribution in [0.4, 0.5) is 34.1 Å². The van der Waals surface area contributed by atoms with Gasteiger partial charge in [-0.05, 0) is 145 Å². The molecule has 0 unspecified atom stereocenters. The molecule has 64 heavy (non-hydrogen) atoms. The lowest BCUT2D eigenvalue weighted by molar-refractivity contribution is 1.25. The minimum absolute atomic E-state index is 1.06. The molecule has 0 N–H and O–H groups in total. The first-order valence-electron chi connectivity index (χ1n) is 21.9. The highest BCUT2D eigenvalue weighted by molar-refractivity contribution is 6.04. The van der Waals surface area contributed by atoms with Gasteiger partial charge in [0.2, 0.25) is 0 Å². The van der Waals surface area contributed by atoms with Crippen LogP contribution in [0.1, 0.15) is 0 Å². The maximum absolute atomic E-state index is 2.37. The zero-order valence-corrected chi connectivity index (χ0v) is 35.3. The van der Waals surface area contributed by atoms with Crippen molar-refractivity contribution in [1.82, 2.24) is 0 Å². The third kappa shape index (κ3) is 7.48. The van der Waals surface area contributed by atoms with Crippen LogP contribution in [0.15, 0.2) is 267 Å². The Balaban J connectivity index is 0.978. The van der Waals surface area contributed by atoms with Crippen LogP contribution in [0.2, 0.25) is 0 Å². The van der Waals surface area contributed by atoms with Crippen molar-refractivity contribution in [2.45, 2.75) is 0 Å². The molecule has 0 fully saturated rings. The molecule has 0 atom stereocenters. The highest BCUT2D eigenvalue weighted by Crippen LogP contribution is 2.43. The van der Waals surface area contributed by atoms with Crippen molar-refractivity contribution in [1.29, 1.82) is 0 Å². The summed E-state index contributed by atoms with van der Waals surface area (Å²) in [6.45, 7) is 0. The zero-order valence-electron chi connectivity index (χ0n) is 35.3. The summed E-state index contributed by atoms with van der Waals surface area (Å²) >= 11 is 0. The Kier molecular flexibility index (Phi) is 10.3. The number of hydrogen-bond donors (Lipinski definition) is 0. The van der Waals surface area contributed by atoms with Gasteiger partial charge in [-0.2, -0.15) is 0 Å². The molecule has 11 aromatic rings. The number of fused-ring (bicyclic) bond motifs is 2. The van der Waals surface area contributed by atoms with Crippen molar-refractivity contribution in [3.63, 3.8) is 0 Å². The fourth-order valence-electron chi connectivity index (χ4n) is 9.19. The number of nitrogens with zero attached hydrogens (tertiary/aromatic N) is 2. The number of benzene rings is 11. The van der Waals surface area contributed by atoms with E-state index in [0.717, 1.165) is 34.1 Å². The van der Waals surface area contributed by atoms with Crippen LogP contribution < -0.4 is 9.80 Å². The Morgan fingerprint density at radius 1 is 0.188 bits per heavy atom. The molecular weight excluding hydrogens is 773 g/mol. The molecule has 0 aromatic heterocycles. The Bertz CT molecular complexity index is 3360. The van der Waals surface area contributed by atoms with Gasteiger partial charge < -0.3 is 9.80 Å². The number of anilines is 6. The summed E-state index contributed by atoms with van der Waals surface area (Å²) in [5, 5.41) is 4.97. The molecule has 0 saturated carbocycles.